The van der Waals surface area contributed by atoms with Gasteiger partial charge in [-0.1, -0.05) is 0 Å². The zero-order valence-electron chi connectivity index (χ0n) is 7.42. The topological polar surface area (TPSA) is 29.5 Å². The SMILES string of the molecule is CO[C@H](C)C1CCC(O)CC1. The van der Waals surface area contributed by atoms with Crippen molar-refractivity contribution in [1.29, 1.82) is 0 Å². The van der Waals surface area contributed by atoms with Crippen LogP contribution in [0.3, 0.4) is 0 Å². The molecule has 0 amide bonds. The minimum atomic E-state index is -0.0460. The van der Waals surface area contributed by atoms with Gasteiger partial charge in [0.25, 0.3) is 0 Å². The highest BCUT2D eigenvalue weighted by Crippen LogP contribution is 2.27. The van der Waals surface area contributed by atoms with Crippen LogP contribution in [0.2, 0.25) is 0 Å². The molecule has 0 heterocycles. The van der Waals surface area contributed by atoms with Gasteiger partial charge in [-0.15, -0.1) is 0 Å². The molecule has 0 unspecified atom stereocenters. The first kappa shape index (κ1) is 9.01. The molecule has 0 radical (unpaired) electrons. The number of methoxy groups -OCH3 is 1. The molecule has 1 aliphatic rings. The van der Waals surface area contributed by atoms with Crippen molar-refractivity contribution in [1.82, 2.24) is 0 Å². The van der Waals surface area contributed by atoms with Gasteiger partial charge in [0.05, 0.1) is 12.2 Å². The zero-order chi connectivity index (χ0) is 8.27. The average molecular weight is 158 g/mol. The van der Waals surface area contributed by atoms with Gasteiger partial charge in [-0.2, -0.15) is 0 Å². The molecule has 1 atom stereocenters. The third-order valence-corrected chi connectivity index (χ3v) is 2.78. The van der Waals surface area contributed by atoms with Crippen LogP contribution in [0.15, 0.2) is 0 Å². The molecule has 1 aliphatic carbocycles. The van der Waals surface area contributed by atoms with Gasteiger partial charge in [-0.05, 0) is 38.5 Å². The van der Waals surface area contributed by atoms with Crippen molar-refractivity contribution < 1.29 is 9.84 Å². The van der Waals surface area contributed by atoms with Crippen LogP contribution in [0.1, 0.15) is 32.6 Å². The van der Waals surface area contributed by atoms with Gasteiger partial charge >= 0.3 is 0 Å². The predicted octanol–water partition coefficient (Wildman–Crippen LogP) is 1.57. The maximum absolute atomic E-state index is 9.24. The van der Waals surface area contributed by atoms with Crippen molar-refractivity contribution in [2.24, 2.45) is 5.92 Å². The zero-order valence-corrected chi connectivity index (χ0v) is 7.42. The fourth-order valence-electron chi connectivity index (χ4n) is 1.76. The van der Waals surface area contributed by atoms with Gasteiger partial charge in [0.1, 0.15) is 0 Å². The van der Waals surface area contributed by atoms with Crippen LogP contribution >= 0.6 is 0 Å². The molecular formula is C9H18O2. The van der Waals surface area contributed by atoms with Gasteiger partial charge in [0.2, 0.25) is 0 Å². The Morgan fingerprint density at radius 3 is 2.27 bits per heavy atom. The van der Waals surface area contributed by atoms with Crippen molar-refractivity contribution in [2.75, 3.05) is 7.11 Å². The number of hydrogen-bond acceptors (Lipinski definition) is 2. The van der Waals surface area contributed by atoms with Crippen LogP contribution in [-0.4, -0.2) is 24.4 Å². The Morgan fingerprint density at radius 2 is 1.82 bits per heavy atom. The Labute approximate surface area is 68.6 Å². The lowest BCUT2D eigenvalue weighted by molar-refractivity contribution is 0.0230. The molecule has 1 rings (SSSR count). The molecule has 1 saturated carbocycles. The van der Waals surface area contributed by atoms with Gasteiger partial charge in [0, 0.05) is 7.11 Å². The Morgan fingerprint density at radius 1 is 1.27 bits per heavy atom. The summed E-state index contributed by atoms with van der Waals surface area (Å²) in [5.41, 5.74) is 0. The van der Waals surface area contributed by atoms with E-state index in [4.69, 9.17) is 4.74 Å². The second kappa shape index (κ2) is 4.07. The van der Waals surface area contributed by atoms with Gasteiger partial charge < -0.3 is 9.84 Å². The van der Waals surface area contributed by atoms with Crippen molar-refractivity contribution in [2.45, 2.75) is 44.8 Å². The van der Waals surface area contributed by atoms with Crippen LogP contribution in [0.5, 0.6) is 0 Å². The maximum atomic E-state index is 9.24. The smallest absolute Gasteiger partial charge is 0.0571 e. The Bertz CT molecular complexity index is 106. The minimum absolute atomic E-state index is 0.0460. The van der Waals surface area contributed by atoms with Crippen LogP contribution < -0.4 is 0 Å². The molecule has 0 aromatic rings. The monoisotopic (exact) mass is 158 g/mol. The first-order chi connectivity index (χ1) is 5.24. The summed E-state index contributed by atoms with van der Waals surface area (Å²) in [5.74, 6) is 0.670. The van der Waals surface area contributed by atoms with Crippen molar-refractivity contribution in [3.8, 4) is 0 Å². The average Bonchev–Trinajstić information content (AvgIpc) is 2.05. The molecule has 2 nitrogen and oxygen atoms in total. The fourth-order valence-corrected chi connectivity index (χ4v) is 1.76. The largest absolute Gasteiger partial charge is 0.393 e. The fraction of sp³-hybridized carbons (Fsp3) is 1.00. The summed E-state index contributed by atoms with van der Waals surface area (Å²) < 4.78 is 5.24. The summed E-state index contributed by atoms with van der Waals surface area (Å²) in [6.45, 7) is 2.11. The van der Waals surface area contributed by atoms with E-state index in [1.165, 1.54) is 0 Å². The number of hydrogen-bond donors (Lipinski definition) is 1. The summed E-state index contributed by atoms with van der Waals surface area (Å²) >= 11 is 0. The van der Waals surface area contributed by atoms with E-state index in [-0.39, 0.29) is 6.10 Å². The Kier molecular flexibility index (Phi) is 3.34. The van der Waals surface area contributed by atoms with Crippen molar-refractivity contribution in [3.63, 3.8) is 0 Å². The van der Waals surface area contributed by atoms with E-state index >= 15 is 0 Å². The maximum Gasteiger partial charge on any atom is 0.0571 e. The molecule has 1 fully saturated rings. The summed E-state index contributed by atoms with van der Waals surface area (Å²) in [6, 6.07) is 0. The first-order valence-corrected chi connectivity index (χ1v) is 4.45. The molecule has 0 bridgehead atoms. The van der Waals surface area contributed by atoms with E-state index in [1.54, 1.807) is 7.11 Å². The molecule has 11 heavy (non-hydrogen) atoms. The van der Waals surface area contributed by atoms with Gasteiger partial charge in [0.15, 0.2) is 0 Å². The first-order valence-electron chi connectivity index (χ1n) is 4.45. The third-order valence-electron chi connectivity index (χ3n) is 2.78. The summed E-state index contributed by atoms with van der Waals surface area (Å²) in [5, 5.41) is 9.24. The second-order valence-electron chi connectivity index (χ2n) is 3.51. The highest BCUT2D eigenvalue weighted by Gasteiger charge is 2.23. The molecule has 0 aliphatic heterocycles. The van der Waals surface area contributed by atoms with E-state index in [0.29, 0.717) is 12.0 Å². The summed E-state index contributed by atoms with van der Waals surface area (Å²) in [6.07, 6.45) is 4.47. The summed E-state index contributed by atoms with van der Waals surface area (Å²) in [7, 11) is 1.76. The van der Waals surface area contributed by atoms with Crippen molar-refractivity contribution in [3.05, 3.63) is 0 Å². The van der Waals surface area contributed by atoms with E-state index in [9.17, 15) is 5.11 Å². The molecule has 2 heteroatoms. The quantitative estimate of drug-likeness (QED) is 0.661. The Hall–Kier alpha value is -0.0800. The van der Waals surface area contributed by atoms with Crippen molar-refractivity contribution >= 4 is 0 Å². The van der Waals surface area contributed by atoms with E-state index in [2.05, 4.69) is 6.92 Å². The molecular weight excluding hydrogens is 140 g/mol. The second-order valence-corrected chi connectivity index (χ2v) is 3.51. The molecule has 0 aromatic heterocycles. The standard InChI is InChI=1S/C9H18O2/c1-7(11-2)8-3-5-9(10)6-4-8/h7-10H,3-6H2,1-2H3/t7-,8?,9?/m1/s1. The van der Waals surface area contributed by atoms with E-state index < -0.39 is 0 Å². The number of aliphatic hydroxyl groups is 1. The highest BCUT2D eigenvalue weighted by molar-refractivity contribution is 4.75. The van der Waals surface area contributed by atoms with E-state index in [1.807, 2.05) is 0 Å². The number of rotatable bonds is 2. The molecule has 0 spiro atoms. The van der Waals surface area contributed by atoms with Crippen LogP contribution in [0, 0.1) is 5.92 Å². The van der Waals surface area contributed by atoms with Crippen LogP contribution in [0.25, 0.3) is 0 Å². The normalized spacial score (nSPS) is 35.2. The lowest BCUT2D eigenvalue weighted by Crippen LogP contribution is -2.26. The van der Waals surface area contributed by atoms with Gasteiger partial charge in [-0.25, -0.2) is 0 Å². The third kappa shape index (κ3) is 2.46. The summed E-state index contributed by atoms with van der Waals surface area (Å²) in [4.78, 5) is 0. The van der Waals surface area contributed by atoms with Crippen LogP contribution in [0.4, 0.5) is 0 Å². The lowest BCUT2D eigenvalue weighted by atomic mass is 9.84. The minimum Gasteiger partial charge on any atom is -0.393 e. The number of ether oxygens (including phenoxy) is 1. The highest BCUT2D eigenvalue weighted by atomic mass is 16.5. The number of aliphatic hydroxyl groups excluding tert-OH is 1. The Balaban J connectivity index is 2.27. The molecule has 1 N–H and O–H groups in total. The molecule has 0 saturated heterocycles. The lowest BCUT2D eigenvalue weighted by Gasteiger charge is -2.29. The van der Waals surface area contributed by atoms with Crippen LogP contribution in [-0.2, 0) is 4.74 Å². The van der Waals surface area contributed by atoms with E-state index in [0.717, 1.165) is 25.7 Å². The molecule has 66 valence electrons. The van der Waals surface area contributed by atoms with Gasteiger partial charge in [-0.3, -0.25) is 0 Å². The predicted molar refractivity (Wildman–Crippen MR) is 44.4 cm³/mol. The molecule has 0 aromatic carbocycles.